The van der Waals surface area contributed by atoms with Crippen molar-refractivity contribution in [2.24, 2.45) is 0 Å². The Kier molecular flexibility index (Phi) is 8.68. The number of methoxy groups -OCH3 is 1. The van der Waals surface area contributed by atoms with Crippen molar-refractivity contribution in [1.82, 2.24) is 4.98 Å². The maximum atomic E-state index is 11.4. The minimum atomic E-state index is -0.194. The normalized spacial score (nSPS) is 11.8. The van der Waals surface area contributed by atoms with E-state index in [1.165, 1.54) is 12.7 Å². The molecule has 0 aliphatic carbocycles. The number of nitrogens with zero attached hydrogens (tertiary/aromatic N) is 1. The molecule has 1 unspecified atom stereocenters. The Labute approximate surface area is 194 Å². The molecule has 0 aliphatic heterocycles. The smallest absolute Gasteiger partial charge is 0.305 e. The van der Waals surface area contributed by atoms with Gasteiger partial charge in [0.25, 0.3) is 0 Å². The molecule has 6 heteroatoms. The zero-order chi connectivity index (χ0) is 22.9. The lowest BCUT2D eigenvalue weighted by atomic mass is 10.0. The summed E-state index contributed by atoms with van der Waals surface area (Å²) in [4.78, 5) is 15.8. The highest BCUT2D eigenvalue weighted by Gasteiger charge is 2.13. The molecule has 0 N–H and O–H groups in total. The Hall–Kier alpha value is -2.86. The Balaban J connectivity index is 1.54. The summed E-state index contributed by atoms with van der Waals surface area (Å²) in [6, 6.07) is 12.3. The number of rotatable bonds is 11. The first-order valence-corrected chi connectivity index (χ1v) is 11.9. The molecule has 0 fully saturated rings. The van der Waals surface area contributed by atoms with Gasteiger partial charge in [-0.1, -0.05) is 19.1 Å². The summed E-state index contributed by atoms with van der Waals surface area (Å²) >= 11 is 1.58. The molecule has 0 saturated carbocycles. The highest BCUT2D eigenvalue weighted by atomic mass is 32.1. The van der Waals surface area contributed by atoms with Crippen molar-refractivity contribution in [2.45, 2.75) is 52.6 Å². The van der Waals surface area contributed by atoms with Crippen molar-refractivity contribution in [3.05, 3.63) is 64.0 Å². The largest absolute Gasteiger partial charge is 0.493 e. The van der Waals surface area contributed by atoms with E-state index >= 15 is 0 Å². The van der Waals surface area contributed by atoms with Gasteiger partial charge < -0.3 is 14.2 Å². The Morgan fingerprint density at radius 3 is 2.72 bits per heavy atom. The van der Waals surface area contributed by atoms with Crippen molar-refractivity contribution < 1.29 is 19.0 Å². The van der Waals surface area contributed by atoms with Crippen LogP contribution in [0.15, 0.2) is 47.3 Å². The average molecular weight is 454 g/mol. The first kappa shape index (κ1) is 23.8. The summed E-state index contributed by atoms with van der Waals surface area (Å²) in [6.45, 7) is 6.80. The molecular formula is C26H31NO4S. The minimum Gasteiger partial charge on any atom is -0.493 e. The predicted octanol–water partition coefficient (Wildman–Crippen LogP) is 6.02. The van der Waals surface area contributed by atoms with Gasteiger partial charge in [-0.2, -0.15) is 0 Å². The van der Waals surface area contributed by atoms with Crippen LogP contribution in [0.5, 0.6) is 11.5 Å². The van der Waals surface area contributed by atoms with Gasteiger partial charge in [-0.25, -0.2) is 4.98 Å². The number of ether oxygens (including phenoxy) is 3. The molecule has 1 aromatic heterocycles. The summed E-state index contributed by atoms with van der Waals surface area (Å²) in [5, 5.41) is 2.05. The molecule has 0 aliphatic rings. The fourth-order valence-electron chi connectivity index (χ4n) is 3.44. The fraction of sp³-hybridized carbons (Fsp3) is 0.385. The van der Waals surface area contributed by atoms with E-state index in [9.17, 15) is 4.79 Å². The number of esters is 1. The molecule has 2 aromatic carbocycles. The van der Waals surface area contributed by atoms with Crippen LogP contribution in [0.4, 0.5) is 0 Å². The fourth-order valence-corrected chi connectivity index (χ4v) is 3.99. The zero-order valence-corrected chi connectivity index (χ0v) is 20.0. The molecule has 0 radical (unpaired) electrons. The molecule has 0 amide bonds. The second kappa shape index (κ2) is 11.7. The molecule has 0 bridgehead atoms. The van der Waals surface area contributed by atoms with Crippen LogP contribution in [0, 0.1) is 6.92 Å². The summed E-state index contributed by atoms with van der Waals surface area (Å²) in [6.07, 6.45) is 2.79. The minimum absolute atomic E-state index is 0.000267. The molecule has 0 spiro atoms. The van der Waals surface area contributed by atoms with Crippen LogP contribution in [0.3, 0.4) is 0 Å². The number of hydrogen-bond acceptors (Lipinski definition) is 6. The standard InChI is InChI=1S/C26H31NO4S/c1-5-20-6-10-25(23(15-20)24-16-32-17-27-24)31-19(3)12-13-30-22-9-7-21(18(2)14-22)8-11-26(28)29-4/h6-7,9-10,14-17,19H,5,8,11-13H2,1-4H3. The maximum Gasteiger partial charge on any atom is 0.305 e. The highest BCUT2D eigenvalue weighted by molar-refractivity contribution is 7.07. The van der Waals surface area contributed by atoms with E-state index < -0.39 is 0 Å². The van der Waals surface area contributed by atoms with E-state index in [-0.39, 0.29) is 12.1 Å². The summed E-state index contributed by atoms with van der Waals surface area (Å²) < 4.78 is 16.9. The molecule has 1 atom stereocenters. The van der Waals surface area contributed by atoms with Gasteiger partial charge in [0, 0.05) is 23.8 Å². The van der Waals surface area contributed by atoms with Gasteiger partial charge in [0.15, 0.2) is 0 Å². The SMILES string of the molecule is CCc1ccc(OC(C)CCOc2ccc(CCC(=O)OC)c(C)c2)c(-c2cscn2)c1. The number of aryl methyl sites for hydroxylation is 3. The van der Waals surface area contributed by atoms with E-state index in [1.807, 2.05) is 42.1 Å². The van der Waals surface area contributed by atoms with Gasteiger partial charge in [-0.05, 0) is 67.6 Å². The zero-order valence-electron chi connectivity index (χ0n) is 19.2. The second-order valence-corrected chi connectivity index (χ2v) is 8.51. The number of hydrogen-bond donors (Lipinski definition) is 0. The first-order valence-electron chi connectivity index (χ1n) is 11.0. The second-order valence-electron chi connectivity index (χ2n) is 7.79. The van der Waals surface area contributed by atoms with Gasteiger partial charge >= 0.3 is 5.97 Å². The molecule has 3 rings (SSSR count). The molecule has 0 saturated heterocycles. The van der Waals surface area contributed by atoms with Crippen molar-refractivity contribution in [3.8, 4) is 22.8 Å². The molecule has 3 aromatic rings. The number of aromatic nitrogens is 1. The lowest BCUT2D eigenvalue weighted by Gasteiger charge is -2.18. The Morgan fingerprint density at radius 2 is 2.03 bits per heavy atom. The van der Waals surface area contributed by atoms with Crippen LogP contribution in [0.2, 0.25) is 0 Å². The third kappa shape index (κ3) is 6.57. The summed E-state index contributed by atoms with van der Waals surface area (Å²) in [7, 11) is 1.41. The van der Waals surface area contributed by atoms with Gasteiger partial charge in [0.2, 0.25) is 0 Å². The predicted molar refractivity (Wildman–Crippen MR) is 129 cm³/mol. The lowest BCUT2D eigenvalue weighted by Crippen LogP contribution is -2.16. The van der Waals surface area contributed by atoms with Gasteiger partial charge in [-0.3, -0.25) is 4.79 Å². The Morgan fingerprint density at radius 1 is 1.19 bits per heavy atom. The topological polar surface area (TPSA) is 57.7 Å². The van der Waals surface area contributed by atoms with Crippen LogP contribution in [-0.2, 0) is 22.4 Å². The first-order chi connectivity index (χ1) is 15.5. The molecule has 32 heavy (non-hydrogen) atoms. The van der Waals surface area contributed by atoms with Crippen LogP contribution >= 0.6 is 11.3 Å². The lowest BCUT2D eigenvalue weighted by molar-refractivity contribution is -0.140. The number of thiazole rings is 1. The molecular weight excluding hydrogens is 422 g/mol. The average Bonchev–Trinajstić information content (AvgIpc) is 3.33. The van der Waals surface area contributed by atoms with Gasteiger partial charge in [0.1, 0.15) is 11.5 Å². The van der Waals surface area contributed by atoms with Crippen LogP contribution < -0.4 is 9.47 Å². The van der Waals surface area contributed by atoms with Crippen molar-refractivity contribution >= 4 is 17.3 Å². The van der Waals surface area contributed by atoms with Crippen molar-refractivity contribution in [2.75, 3.05) is 13.7 Å². The van der Waals surface area contributed by atoms with E-state index in [0.29, 0.717) is 19.4 Å². The van der Waals surface area contributed by atoms with E-state index in [1.54, 1.807) is 11.3 Å². The monoisotopic (exact) mass is 453 g/mol. The maximum absolute atomic E-state index is 11.4. The van der Waals surface area contributed by atoms with Crippen LogP contribution in [-0.4, -0.2) is 30.8 Å². The van der Waals surface area contributed by atoms with E-state index in [0.717, 1.165) is 46.7 Å². The van der Waals surface area contributed by atoms with Crippen LogP contribution in [0.25, 0.3) is 11.3 Å². The molecule has 1 heterocycles. The van der Waals surface area contributed by atoms with Crippen molar-refractivity contribution in [3.63, 3.8) is 0 Å². The van der Waals surface area contributed by atoms with Gasteiger partial charge in [-0.15, -0.1) is 11.3 Å². The van der Waals surface area contributed by atoms with Crippen molar-refractivity contribution in [1.29, 1.82) is 0 Å². The quantitative estimate of drug-likeness (QED) is 0.332. The molecule has 5 nitrogen and oxygen atoms in total. The number of carbonyl (C=O) groups is 1. The third-order valence-electron chi connectivity index (χ3n) is 5.42. The Bertz CT molecular complexity index is 1020. The summed E-state index contributed by atoms with van der Waals surface area (Å²) in [5.74, 6) is 1.49. The van der Waals surface area contributed by atoms with Crippen LogP contribution in [0.1, 0.15) is 43.4 Å². The third-order valence-corrected chi connectivity index (χ3v) is 6.01. The summed E-state index contributed by atoms with van der Waals surface area (Å²) in [5.41, 5.74) is 7.34. The number of benzene rings is 2. The van der Waals surface area contributed by atoms with E-state index in [4.69, 9.17) is 14.2 Å². The number of carbonyl (C=O) groups excluding carboxylic acids is 1. The highest BCUT2D eigenvalue weighted by Crippen LogP contribution is 2.32. The van der Waals surface area contributed by atoms with E-state index in [2.05, 4.69) is 31.0 Å². The molecule has 170 valence electrons. The van der Waals surface area contributed by atoms with Gasteiger partial charge in [0.05, 0.1) is 31.0 Å².